The molecule has 3 aromatic rings. The SMILES string of the molecule is CN(C)c1nc(N/N=C\c2cc([N+](=O)[O-])ccc2O)nc(Nc2ccc(F)cc2)n1. The molecule has 0 saturated heterocycles. The van der Waals surface area contributed by atoms with Gasteiger partial charge in [-0.15, -0.1) is 0 Å². The topological polar surface area (TPSA) is 142 Å². The van der Waals surface area contributed by atoms with E-state index in [9.17, 15) is 19.6 Å². The summed E-state index contributed by atoms with van der Waals surface area (Å²) in [7, 11) is 3.48. The monoisotopic (exact) mass is 412 g/mol. The molecule has 1 heterocycles. The summed E-state index contributed by atoms with van der Waals surface area (Å²) < 4.78 is 13.1. The number of hydrogen-bond donors (Lipinski definition) is 3. The lowest BCUT2D eigenvalue weighted by atomic mass is 10.2. The van der Waals surface area contributed by atoms with Crippen LogP contribution in [0.2, 0.25) is 0 Å². The van der Waals surface area contributed by atoms with Crippen LogP contribution in [0.3, 0.4) is 0 Å². The average Bonchev–Trinajstić information content (AvgIpc) is 2.71. The number of anilines is 4. The van der Waals surface area contributed by atoms with Crippen molar-refractivity contribution in [2.75, 3.05) is 29.7 Å². The number of halogens is 1. The fourth-order valence-electron chi connectivity index (χ4n) is 2.25. The van der Waals surface area contributed by atoms with Crippen molar-refractivity contribution in [3.63, 3.8) is 0 Å². The Kier molecular flexibility index (Phi) is 5.96. The van der Waals surface area contributed by atoms with Crippen LogP contribution in [0.1, 0.15) is 5.56 Å². The maximum atomic E-state index is 13.1. The highest BCUT2D eigenvalue weighted by atomic mass is 19.1. The maximum absolute atomic E-state index is 13.1. The number of hydrazone groups is 1. The van der Waals surface area contributed by atoms with Crippen molar-refractivity contribution in [2.45, 2.75) is 0 Å². The maximum Gasteiger partial charge on any atom is 0.270 e. The number of nitro benzene ring substituents is 1. The van der Waals surface area contributed by atoms with Gasteiger partial charge < -0.3 is 15.3 Å². The highest BCUT2D eigenvalue weighted by Gasteiger charge is 2.10. The molecule has 0 aliphatic heterocycles. The lowest BCUT2D eigenvalue weighted by Crippen LogP contribution is -2.15. The number of aromatic nitrogens is 3. The van der Waals surface area contributed by atoms with Crippen molar-refractivity contribution >= 4 is 35.4 Å². The van der Waals surface area contributed by atoms with Crippen LogP contribution in [0.5, 0.6) is 5.75 Å². The second-order valence-electron chi connectivity index (χ2n) is 6.18. The smallest absolute Gasteiger partial charge is 0.270 e. The summed E-state index contributed by atoms with van der Waals surface area (Å²) >= 11 is 0. The minimum Gasteiger partial charge on any atom is -0.507 e. The normalized spacial score (nSPS) is 10.8. The van der Waals surface area contributed by atoms with Crippen molar-refractivity contribution in [2.24, 2.45) is 5.10 Å². The van der Waals surface area contributed by atoms with Gasteiger partial charge in [-0.1, -0.05) is 0 Å². The van der Waals surface area contributed by atoms with Gasteiger partial charge in [-0.05, 0) is 30.3 Å². The van der Waals surface area contributed by atoms with Crippen LogP contribution < -0.4 is 15.6 Å². The predicted octanol–water partition coefficient (Wildman–Crippen LogP) is 2.88. The van der Waals surface area contributed by atoms with Crippen LogP contribution in [0.4, 0.5) is 33.6 Å². The van der Waals surface area contributed by atoms with Crippen molar-refractivity contribution in [1.29, 1.82) is 0 Å². The van der Waals surface area contributed by atoms with Gasteiger partial charge in [0.25, 0.3) is 5.69 Å². The molecule has 12 heteroatoms. The minimum atomic E-state index is -0.576. The zero-order chi connectivity index (χ0) is 21.7. The van der Waals surface area contributed by atoms with E-state index in [1.807, 2.05) is 0 Å². The molecule has 0 radical (unpaired) electrons. The number of aromatic hydroxyl groups is 1. The Morgan fingerprint density at radius 2 is 1.83 bits per heavy atom. The number of rotatable bonds is 7. The Morgan fingerprint density at radius 3 is 2.50 bits per heavy atom. The third-order valence-electron chi connectivity index (χ3n) is 3.71. The summed E-state index contributed by atoms with van der Waals surface area (Å²) in [5.74, 6) is 0.0573. The van der Waals surface area contributed by atoms with Gasteiger partial charge in [-0.3, -0.25) is 10.1 Å². The van der Waals surface area contributed by atoms with Crippen molar-refractivity contribution in [3.8, 4) is 5.75 Å². The van der Waals surface area contributed by atoms with E-state index in [4.69, 9.17) is 0 Å². The molecular weight excluding hydrogens is 395 g/mol. The van der Waals surface area contributed by atoms with E-state index in [0.717, 1.165) is 0 Å². The van der Waals surface area contributed by atoms with Crippen LogP contribution in [0.15, 0.2) is 47.6 Å². The molecule has 0 amide bonds. The third-order valence-corrected chi connectivity index (χ3v) is 3.71. The Bertz CT molecular complexity index is 1090. The lowest BCUT2D eigenvalue weighted by molar-refractivity contribution is -0.384. The number of nitro groups is 1. The first kappa shape index (κ1) is 20.4. The van der Waals surface area contributed by atoms with E-state index < -0.39 is 4.92 Å². The van der Waals surface area contributed by atoms with Gasteiger partial charge in [0.2, 0.25) is 17.8 Å². The zero-order valence-corrected chi connectivity index (χ0v) is 15.9. The van der Waals surface area contributed by atoms with E-state index in [1.165, 1.54) is 48.7 Å². The van der Waals surface area contributed by atoms with Gasteiger partial charge >= 0.3 is 0 Å². The molecule has 0 aliphatic carbocycles. The second-order valence-corrected chi connectivity index (χ2v) is 6.18. The first-order valence-electron chi connectivity index (χ1n) is 8.54. The number of nitrogens with zero attached hydrogens (tertiary/aromatic N) is 6. The van der Waals surface area contributed by atoms with Gasteiger partial charge in [0.1, 0.15) is 11.6 Å². The van der Waals surface area contributed by atoms with Crippen LogP contribution in [0, 0.1) is 15.9 Å². The molecule has 1 aromatic heterocycles. The van der Waals surface area contributed by atoms with Crippen molar-refractivity contribution in [3.05, 3.63) is 64.0 Å². The summed E-state index contributed by atoms with van der Waals surface area (Å²) in [5.41, 5.74) is 3.13. The third kappa shape index (κ3) is 5.13. The number of phenolic OH excluding ortho intramolecular Hbond substituents is 1. The fourth-order valence-corrected chi connectivity index (χ4v) is 2.25. The van der Waals surface area contributed by atoms with Gasteiger partial charge in [-0.2, -0.15) is 20.1 Å². The molecule has 2 aromatic carbocycles. The minimum absolute atomic E-state index is 0.0829. The highest BCUT2D eigenvalue weighted by molar-refractivity contribution is 5.84. The van der Waals surface area contributed by atoms with Crippen LogP contribution in [-0.2, 0) is 0 Å². The molecular formula is C18H17FN8O3. The van der Waals surface area contributed by atoms with Crippen LogP contribution in [0.25, 0.3) is 0 Å². The number of phenols is 1. The van der Waals surface area contributed by atoms with Gasteiger partial charge in [0.05, 0.1) is 11.1 Å². The van der Waals surface area contributed by atoms with Gasteiger partial charge in [-0.25, -0.2) is 9.82 Å². The first-order valence-corrected chi connectivity index (χ1v) is 8.54. The summed E-state index contributed by atoms with van der Waals surface area (Å²) in [6.07, 6.45) is 1.20. The highest BCUT2D eigenvalue weighted by Crippen LogP contribution is 2.21. The predicted molar refractivity (Wildman–Crippen MR) is 110 cm³/mol. The molecule has 0 saturated carbocycles. The standard InChI is InChI=1S/C18H17FN8O3/c1-26(2)18-23-16(21-13-5-3-12(19)4-6-13)22-17(24-18)25-20-10-11-9-14(27(29)30)7-8-15(11)28/h3-10,28H,1-2H3,(H2,21,22,23,24,25)/b20-10-. The molecule has 154 valence electrons. The van der Waals surface area contributed by atoms with Gasteiger partial charge in [0.15, 0.2) is 0 Å². The van der Waals surface area contributed by atoms with Gasteiger partial charge in [0, 0.05) is 37.5 Å². The molecule has 0 spiro atoms. The first-order chi connectivity index (χ1) is 14.3. The molecule has 11 nitrogen and oxygen atoms in total. The Balaban J connectivity index is 1.82. The van der Waals surface area contributed by atoms with E-state index >= 15 is 0 Å². The Hall–Kier alpha value is -4.35. The van der Waals surface area contributed by atoms with Crippen molar-refractivity contribution < 1.29 is 14.4 Å². The fraction of sp³-hybridized carbons (Fsp3) is 0.111. The Labute approximate surface area is 170 Å². The molecule has 3 N–H and O–H groups in total. The second kappa shape index (κ2) is 8.77. The van der Waals surface area contributed by atoms with E-state index in [-0.39, 0.29) is 34.7 Å². The van der Waals surface area contributed by atoms with Crippen LogP contribution >= 0.6 is 0 Å². The summed E-state index contributed by atoms with van der Waals surface area (Å²) in [5, 5.41) is 27.6. The molecule has 0 unspecified atom stereocenters. The zero-order valence-electron chi connectivity index (χ0n) is 15.9. The molecule has 0 bridgehead atoms. The van der Waals surface area contributed by atoms with E-state index in [0.29, 0.717) is 11.6 Å². The summed E-state index contributed by atoms with van der Waals surface area (Å²) in [4.78, 5) is 24.6. The number of hydrogen-bond acceptors (Lipinski definition) is 10. The number of benzene rings is 2. The summed E-state index contributed by atoms with van der Waals surface area (Å²) in [6, 6.07) is 9.23. The Morgan fingerprint density at radius 1 is 1.13 bits per heavy atom. The lowest BCUT2D eigenvalue weighted by Gasteiger charge is -2.13. The quantitative estimate of drug-likeness (QED) is 0.303. The number of non-ortho nitro benzene ring substituents is 1. The van der Waals surface area contributed by atoms with Crippen LogP contribution in [-0.4, -0.2) is 45.3 Å². The molecule has 30 heavy (non-hydrogen) atoms. The average molecular weight is 412 g/mol. The molecule has 3 rings (SSSR count). The largest absolute Gasteiger partial charge is 0.507 e. The van der Waals surface area contributed by atoms with E-state index in [1.54, 1.807) is 19.0 Å². The number of nitrogens with one attached hydrogen (secondary N) is 2. The molecule has 0 fully saturated rings. The van der Waals surface area contributed by atoms with Crippen molar-refractivity contribution in [1.82, 2.24) is 15.0 Å². The molecule has 0 atom stereocenters. The molecule has 0 aliphatic rings. The van der Waals surface area contributed by atoms with E-state index in [2.05, 4.69) is 30.8 Å². The summed E-state index contributed by atoms with van der Waals surface area (Å²) in [6.45, 7) is 0.